The van der Waals surface area contributed by atoms with Gasteiger partial charge in [-0.05, 0) is 30.7 Å². The van der Waals surface area contributed by atoms with Crippen molar-refractivity contribution in [2.45, 2.75) is 13.0 Å². The highest BCUT2D eigenvalue weighted by Crippen LogP contribution is 2.10. The van der Waals surface area contributed by atoms with Crippen LogP contribution in [0.1, 0.15) is 17.7 Å². The summed E-state index contributed by atoms with van der Waals surface area (Å²) in [7, 11) is -2.86. The zero-order valence-corrected chi connectivity index (χ0v) is 12.2. The van der Waals surface area contributed by atoms with E-state index in [9.17, 15) is 8.42 Å². The van der Waals surface area contributed by atoms with E-state index in [1.807, 2.05) is 12.1 Å². The molecule has 1 aromatic heterocycles. The Morgan fingerprint density at radius 3 is 2.95 bits per heavy atom. The largest absolute Gasteiger partial charge is 0.388 e. The van der Waals surface area contributed by atoms with Crippen LogP contribution >= 0.6 is 12.2 Å². The highest BCUT2D eigenvalue weighted by atomic mass is 32.2. The Kier molecular flexibility index (Phi) is 4.49. The van der Waals surface area contributed by atoms with E-state index in [-0.39, 0.29) is 16.5 Å². The number of hydrogen-bond donors (Lipinski definition) is 1. The maximum atomic E-state index is 11.5. The summed E-state index contributed by atoms with van der Waals surface area (Å²) in [6.07, 6.45) is 2.37. The molecular weight excluding hydrogens is 282 g/mol. The summed E-state index contributed by atoms with van der Waals surface area (Å²) >= 11 is 4.90. The molecule has 0 unspecified atom stereocenters. The van der Waals surface area contributed by atoms with E-state index < -0.39 is 9.84 Å². The zero-order chi connectivity index (χ0) is 13.9. The summed E-state index contributed by atoms with van der Waals surface area (Å²) in [6, 6.07) is 3.77. The molecule has 2 rings (SSSR count). The van der Waals surface area contributed by atoms with Crippen molar-refractivity contribution in [3.05, 3.63) is 29.6 Å². The first-order valence-electron chi connectivity index (χ1n) is 6.14. The smallest absolute Gasteiger partial charge is 0.151 e. The number of thiocarbonyl (C=S) groups is 1. The molecule has 2 heterocycles. The lowest BCUT2D eigenvalue weighted by Crippen LogP contribution is -2.26. The number of aromatic nitrogens is 1. The molecule has 1 fully saturated rings. The third kappa shape index (κ3) is 4.22. The van der Waals surface area contributed by atoms with E-state index >= 15 is 0 Å². The molecule has 0 bridgehead atoms. The van der Waals surface area contributed by atoms with Gasteiger partial charge in [-0.2, -0.15) is 0 Å². The van der Waals surface area contributed by atoms with Crippen LogP contribution in [0.25, 0.3) is 0 Å². The summed E-state index contributed by atoms with van der Waals surface area (Å²) in [5, 5.41) is 0. The van der Waals surface area contributed by atoms with Crippen molar-refractivity contribution in [3.63, 3.8) is 0 Å². The van der Waals surface area contributed by atoms with Gasteiger partial charge in [0.25, 0.3) is 0 Å². The van der Waals surface area contributed by atoms with E-state index in [1.165, 1.54) is 0 Å². The maximum Gasteiger partial charge on any atom is 0.151 e. The minimum atomic E-state index is -2.86. The van der Waals surface area contributed by atoms with Crippen molar-refractivity contribution in [1.29, 1.82) is 0 Å². The van der Waals surface area contributed by atoms with Crippen LogP contribution in [0.15, 0.2) is 18.3 Å². The van der Waals surface area contributed by atoms with Crippen molar-refractivity contribution in [1.82, 2.24) is 9.88 Å². The Morgan fingerprint density at radius 1 is 1.42 bits per heavy atom. The second-order valence-electron chi connectivity index (χ2n) is 4.70. The van der Waals surface area contributed by atoms with Crippen LogP contribution < -0.4 is 5.73 Å². The molecular formula is C12H17N3O2S2. The van der Waals surface area contributed by atoms with Crippen LogP contribution in [0.5, 0.6) is 0 Å². The Bertz CT molecular complexity index is 572. The molecule has 1 aliphatic heterocycles. The van der Waals surface area contributed by atoms with Crippen molar-refractivity contribution in [2.24, 2.45) is 5.73 Å². The van der Waals surface area contributed by atoms with Gasteiger partial charge in [0.15, 0.2) is 9.84 Å². The highest BCUT2D eigenvalue weighted by molar-refractivity contribution is 7.91. The number of nitrogens with zero attached hydrogens (tertiary/aromatic N) is 2. The lowest BCUT2D eigenvalue weighted by Gasteiger charge is -2.19. The standard InChI is InChI=1S/C12H17N3O2S2/c13-12(18)11-8-10(2-3-14-11)9-15-4-1-6-19(16,17)7-5-15/h2-3,8H,1,4-7,9H2,(H2,13,18). The quantitative estimate of drug-likeness (QED) is 0.811. The first kappa shape index (κ1) is 14.4. The Morgan fingerprint density at radius 2 is 2.21 bits per heavy atom. The second-order valence-corrected chi connectivity index (χ2v) is 7.44. The first-order valence-corrected chi connectivity index (χ1v) is 8.37. The van der Waals surface area contributed by atoms with E-state index in [1.54, 1.807) is 6.20 Å². The molecule has 0 aliphatic carbocycles. The third-order valence-corrected chi connectivity index (χ3v) is 5.06. The highest BCUT2D eigenvalue weighted by Gasteiger charge is 2.19. The number of rotatable bonds is 3. The molecule has 7 heteroatoms. The van der Waals surface area contributed by atoms with Crippen LogP contribution in [0.2, 0.25) is 0 Å². The average Bonchev–Trinajstić information content (AvgIpc) is 2.51. The van der Waals surface area contributed by atoms with Crippen molar-refractivity contribution in [3.8, 4) is 0 Å². The van der Waals surface area contributed by atoms with Gasteiger partial charge in [-0.25, -0.2) is 8.42 Å². The second kappa shape index (κ2) is 5.94. The van der Waals surface area contributed by atoms with Gasteiger partial charge in [-0.15, -0.1) is 0 Å². The fourth-order valence-corrected chi connectivity index (χ4v) is 3.53. The summed E-state index contributed by atoms with van der Waals surface area (Å²) in [5.41, 5.74) is 7.21. The molecule has 0 amide bonds. The van der Waals surface area contributed by atoms with Crippen LogP contribution in [0.4, 0.5) is 0 Å². The van der Waals surface area contributed by atoms with Crippen molar-refractivity contribution >= 4 is 27.0 Å². The monoisotopic (exact) mass is 299 g/mol. The van der Waals surface area contributed by atoms with E-state index in [0.29, 0.717) is 25.2 Å². The molecule has 0 spiro atoms. The lowest BCUT2D eigenvalue weighted by molar-refractivity contribution is 0.287. The third-order valence-electron chi connectivity index (χ3n) is 3.13. The predicted octanol–water partition coefficient (Wildman–Crippen LogP) is 0.336. The van der Waals surface area contributed by atoms with Gasteiger partial charge in [0.1, 0.15) is 4.99 Å². The summed E-state index contributed by atoms with van der Waals surface area (Å²) in [6.45, 7) is 2.07. The van der Waals surface area contributed by atoms with Crippen LogP contribution in [-0.4, -0.2) is 47.9 Å². The molecule has 1 saturated heterocycles. The van der Waals surface area contributed by atoms with E-state index in [4.69, 9.17) is 18.0 Å². The van der Waals surface area contributed by atoms with E-state index in [2.05, 4.69) is 9.88 Å². The zero-order valence-electron chi connectivity index (χ0n) is 10.6. The number of pyridine rings is 1. The summed E-state index contributed by atoms with van der Waals surface area (Å²) in [4.78, 5) is 6.51. The van der Waals surface area contributed by atoms with Crippen molar-refractivity contribution < 1.29 is 8.42 Å². The molecule has 2 N–H and O–H groups in total. The topological polar surface area (TPSA) is 76.3 Å². The Labute approximate surface area is 118 Å². The number of nitrogens with two attached hydrogens (primary N) is 1. The van der Waals surface area contributed by atoms with Crippen molar-refractivity contribution in [2.75, 3.05) is 24.6 Å². The van der Waals surface area contributed by atoms with Gasteiger partial charge in [0.05, 0.1) is 17.2 Å². The van der Waals surface area contributed by atoms with Crippen LogP contribution in [0.3, 0.4) is 0 Å². The maximum absolute atomic E-state index is 11.5. The first-order chi connectivity index (χ1) is 8.96. The van der Waals surface area contributed by atoms with Gasteiger partial charge in [-0.1, -0.05) is 12.2 Å². The normalized spacial score (nSPS) is 19.8. The fourth-order valence-electron chi connectivity index (χ4n) is 2.11. The SMILES string of the molecule is NC(=S)c1cc(CN2CCCS(=O)(=O)CC2)ccn1. The minimum absolute atomic E-state index is 0.236. The lowest BCUT2D eigenvalue weighted by atomic mass is 10.2. The van der Waals surface area contributed by atoms with Crippen LogP contribution in [0, 0.1) is 0 Å². The Hall–Kier alpha value is -1.05. The number of hydrogen-bond acceptors (Lipinski definition) is 5. The van der Waals surface area contributed by atoms with Gasteiger partial charge in [0, 0.05) is 19.3 Å². The molecule has 1 aliphatic rings. The minimum Gasteiger partial charge on any atom is -0.388 e. The molecule has 0 radical (unpaired) electrons. The molecule has 5 nitrogen and oxygen atoms in total. The molecule has 104 valence electrons. The summed E-state index contributed by atoms with van der Waals surface area (Å²) < 4.78 is 23.1. The predicted molar refractivity (Wildman–Crippen MR) is 78.7 cm³/mol. The van der Waals surface area contributed by atoms with Gasteiger partial charge < -0.3 is 5.73 Å². The summed E-state index contributed by atoms with van der Waals surface area (Å²) in [5.74, 6) is 0.526. The fraction of sp³-hybridized carbons (Fsp3) is 0.500. The van der Waals surface area contributed by atoms with Crippen LogP contribution in [-0.2, 0) is 16.4 Å². The molecule has 0 saturated carbocycles. The van der Waals surface area contributed by atoms with Gasteiger partial charge in [0.2, 0.25) is 0 Å². The molecule has 0 atom stereocenters. The van der Waals surface area contributed by atoms with Gasteiger partial charge >= 0.3 is 0 Å². The molecule has 0 aromatic carbocycles. The van der Waals surface area contributed by atoms with E-state index in [0.717, 1.165) is 12.1 Å². The average molecular weight is 299 g/mol. The van der Waals surface area contributed by atoms with Gasteiger partial charge in [-0.3, -0.25) is 9.88 Å². The molecule has 19 heavy (non-hydrogen) atoms. The molecule has 1 aromatic rings. The Balaban J connectivity index is 2.05. The number of sulfone groups is 1.